The topological polar surface area (TPSA) is 38.8 Å². The number of ether oxygens (including phenoxy) is 2. The molecule has 4 heteroatoms. The summed E-state index contributed by atoms with van der Waals surface area (Å²) in [7, 11) is 3.53. The SMILES string of the molecule is COC(=O)C(C)C(C)N(C)C1CCOCC1. The third-order valence-electron chi connectivity index (χ3n) is 3.71. The highest BCUT2D eigenvalue weighted by Crippen LogP contribution is 2.19. The van der Waals surface area contributed by atoms with Crippen molar-refractivity contribution >= 4 is 5.97 Å². The summed E-state index contributed by atoms with van der Waals surface area (Å²) in [5.74, 6) is -0.218. The Bertz CT molecular complexity index is 226. The first-order valence-electron chi connectivity index (χ1n) is 5.95. The summed E-state index contributed by atoms with van der Waals surface area (Å²) in [6.07, 6.45) is 2.10. The van der Waals surface area contributed by atoms with E-state index in [0.29, 0.717) is 6.04 Å². The molecule has 1 aliphatic heterocycles. The van der Waals surface area contributed by atoms with Crippen molar-refractivity contribution < 1.29 is 14.3 Å². The molecule has 0 radical (unpaired) electrons. The van der Waals surface area contributed by atoms with Gasteiger partial charge in [0.25, 0.3) is 0 Å². The Balaban J connectivity index is 2.51. The fraction of sp³-hybridized carbons (Fsp3) is 0.917. The van der Waals surface area contributed by atoms with Gasteiger partial charge in [-0.1, -0.05) is 6.92 Å². The third kappa shape index (κ3) is 3.19. The molecular formula is C12H23NO3. The van der Waals surface area contributed by atoms with Crippen LogP contribution in [0.25, 0.3) is 0 Å². The Morgan fingerprint density at radius 1 is 1.38 bits per heavy atom. The van der Waals surface area contributed by atoms with Crippen molar-refractivity contribution in [2.45, 2.75) is 38.8 Å². The molecule has 1 rings (SSSR count). The van der Waals surface area contributed by atoms with E-state index in [2.05, 4.69) is 18.9 Å². The molecule has 0 amide bonds. The molecule has 1 aliphatic rings. The van der Waals surface area contributed by atoms with Gasteiger partial charge in [0.1, 0.15) is 0 Å². The predicted octanol–water partition coefficient (Wildman–Crippen LogP) is 1.29. The largest absolute Gasteiger partial charge is 0.469 e. The Kier molecular flexibility index (Phi) is 5.22. The van der Waals surface area contributed by atoms with Crippen molar-refractivity contribution in [3.05, 3.63) is 0 Å². The van der Waals surface area contributed by atoms with E-state index in [1.54, 1.807) is 0 Å². The second-order valence-electron chi connectivity index (χ2n) is 4.56. The van der Waals surface area contributed by atoms with E-state index in [1.165, 1.54) is 7.11 Å². The van der Waals surface area contributed by atoms with Gasteiger partial charge in [0, 0.05) is 25.3 Å². The van der Waals surface area contributed by atoms with Crippen LogP contribution in [-0.2, 0) is 14.3 Å². The van der Waals surface area contributed by atoms with Crippen LogP contribution in [0.15, 0.2) is 0 Å². The van der Waals surface area contributed by atoms with Gasteiger partial charge >= 0.3 is 5.97 Å². The first kappa shape index (κ1) is 13.5. The van der Waals surface area contributed by atoms with Crippen molar-refractivity contribution in [1.82, 2.24) is 4.90 Å². The minimum Gasteiger partial charge on any atom is -0.469 e. The molecule has 4 nitrogen and oxygen atoms in total. The fourth-order valence-electron chi connectivity index (χ4n) is 2.16. The first-order valence-corrected chi connectivity index (χ1v) is 5.95. The Labute approximate surface area is 97.9 Å². The quantitative estimate of drug-likeness (QED) is 0.681. The van der Waals surface area contributed by atoms with Gasteiger partial charge in [-0.05, 0) is 26.8 Å². The predicted molar refractivity (Wildman–Crippen MR) is 62.2 cm³/mol. The minimum atomic E-state index is -0.133. The normalized spacial score (nSPS) is 21.8. The van der Waals surface area contributed by atoms with Crippen LogP contribution in [-0.4, -0.2) is 50.3 Å². The number of carbonyl (C=O) groups excluding carboxylic acids is 1. The van der Waals surface area contributed by atoms with E-state index in [0.717, 1.165) is 26.1 Å². The van der Waals surface area contributed by atoms with Crippen LogP contribution >= 0.6 is 0 Å². The summed E-state index contributed by atoms with van der Waals surface area (Å²) >= 11 is 0. The molecule has 1 heterocycles. The van der Waals surface area contributed by atoms with Gasteiger partial charge in [-0.3, -0.25) is 9.69 Å². The van der Waals surface area contributed by atoms with Crippen molar-refractivity contribution in [3.63, 3.8) is 0 Å². The molecule has 16 heavy (non-hydrogen) atoms. The van der Waals surface area contributed by atoms with E-state index >= 15 is 0 Å². The summed E-state index contributed by atoms with van der Waals surface area (Å²) in [6.45, 7) is 5.66. The van der Waals surface area contributed by atoms with Gasteiger partial charge in [-0.2, -0.15) is 0 Å². The van der Waals surface area contributed by atoms with Gasteiger partial charge in [-0.15, -0.1) is 0 Å². The van der Waals surface area contributed by atoms with Crippen LogP contribution < -0.4 is 0 Å². The molecule has 2 unspecified atom stereocenters. The van der Waals surface area contributed by atoms with Crippen molar-refractivity contribution in [2.24, 2.45) is 5.92 Å². The second-order valence-corrected chi connectivity index (χ2v) is 4.56. The van der Waals surface area contributed by atoms with Gasteiger partial charge < -0.3 is 9.47 Å². The van der Waals surface area contributed by atoms with E-state index < -0.39 is 0 Å². The van der Waals surface area contributed by atoms with Crippen LogP contribution in [0.2, 0.25) is 0 Å². The molecule has 0 aromatic rings. The fourth-order valence-corrected chi connectivity index (χ4v) is 2.16. The second kappa shape index (κ2) is 6.21. The minimum absolute atomic E-state index is 0.0853. The maximum absolute atomic E-state index is 11.5. The van der Waals surface area contributed by atoms with E-state index in [9.17, 15) is 4.79 Å². The molecule has 2 atom stereocenters. The molecule has 94 valence electrons. The Morgan fingerprint density at radius 2 is 1.94 bits per heavy atom. The zero-order valence-electron chi connectivity index (χ0n) is 10.7. The zero-order valence-corrected chi connectivity index (χ0v) is 10.7. The highest BCUT2D eigenvalue weighted by atomic mass is 16.5. The van der Waals surface area contributed by atoms with Crippen molar-refractivity contribution in [2.75, 3.05) is 27.4 Å². The van der Waals surface area contributed by atoms with Crippen LogP contribution in [0.1, 0.15) is 26.7 Å². The summed E-state index contributed by atoms with van der Waals surface area (Å²) in [5, 5.41) is 0. The molecule has 0 aromatic heterocycles. The average Bonchev–Trinajstić information content (AvgIpc) is 2.36. The molecule has 1 saturated heterocycles. The number of esters is 1. The average molecular weight is 229 g/mol. The van der Waals surface area contributed by atoms with Crippen molar-refractivity contribution in [3.8, 4) is 0 Å². The standard InChI is InChI=1S/C12H23NO3/c1-9(12(14)15-4)10(2)13(3)11-5-7-16-8-6-11/h9-11H,5-8H2,1-4H3. The van der Waals surface area contributed by atoms with Gasteiger partial charge in [0.15, 0.2) is 0 Å². The highest BCUT2D eigenvalue weighted by molar-refractivity contribution is 5.72. The number of hydrogen-bond acceptors (Lipinski definition) is 4. The van der Waals surface area contributed by atoms with Crippen LogP contribution in [0, 0.1) is 5.92 Å². The zero-order chi connectivity index (χ0) is 12.1. The molecule has 1 fully saturated rings. The lowest BCUT2D eigenvalue weighted by Gasteiger charge is -2.37. The molecule has 0 aliphatic carbocycles. The first-order chi connectivity index (χ1) is 7.57. The number of hydrogen-bond donors (Lipinski definition) is 0. The van der Waals surface area contributed by atoms with Gasteiger partial charge in [-0.25, -0.2) is 0 Å². The Hall–Kier alpha value is -0.610. The number of methoxy groups -OCH3 is 1. The summed E-state index contributed by atoms with van der Waals surface area (Å²) in [4.78, 5) is 13.7. The Morgan fingerprint density at radius 3 is 2.44 bits per heavy atom. The number of carbonyl (C=O) groups is 1. The summed E-state index contributed by atoms with van der Waals surface area (Å²) in [6, 6.07) is 0.728. The molecular weight excluding hydrogens is 206 g/mol. The lowest BCUT2D eigenvalue weighted by molar-refractivity contribution is -0.147. The third-order valence-corrected chi connectivity index (χ3v) is 3.71. The van der Waals surface area contributed by atoms with Crippen LogP contribution in [0.5, 0.6) is 0 Å². The highest BCUT2D eigenvalue weighted by Gasteiger charge is 2.29. The smallest absolute Gasteiger partial charge is 0.309 e. The number of rotatable bonds is 4. The van der Waals surface area contributed by atoms with E-state index in [4.69, 9.17) is 9.47 Å². The summed E-state index contributed by atoms with van der Waals surface area (Å²) < 4.78 is 10.1. The lowest BCUT2D eigenvalue weighted by atomic mass is 9.98. The van der Waals surface area contributed by atoms with Gasteiger partial charge in [0.2, 0.25) is 0 Å². The maximum Gasteiger partial charge on any atom is 0.309 e. The molecule has 0 N–H and O–H groups in total. The number of nitrogens with zero attached hydrogens (tertiary/aromatic N) is 1. The van der Waals surface area contributed by atoms with Crippen LogP contribution in [0.3, 0.4) is 0 Å². The molecule has 0 bridgehead atoms. The molecule has 0 saturated carbocycles. The molecule has 0 aromatic carbocycles. The van der Waals surface area contributed by atoms with E-state index in [1.807, 2.05) is 6.92 Å². The van der Waals surface area contributed by atoms with E-state index in [-0.39, 0.29) is 17.9 Å². The lowest BCUT2D eigenvalue weighted by Crippen LogP contribution is -2.46. The van der Waals surface area contributed by atoms with Crippen molar-refractivity contribution in [1.29, 1.82) is 0 Å². The monoisotopic (exact) mass is 229 g/mol. The summed E-state index contributed by atoms with van der Waals surface area (Å²) in [5.41, 5.74) is 0. The van der Waals surface area contributed by atoms with Crippen LogP contribution in [0.4, 0.5) is 0 Å². The maximum atomic E-state index is 11.5. The van der Waals surface area contributed by atoms with Gasteiger partial charge in [0.05, 0.1) is 13.0 Å². The molecule has 0 spiro atoms.